The fourth-order valence-corrected chi connectivity index (χ4v) is 3.99. The predicted molar refractivity (Wildman–Crippen MR) is 87.6 cm³/mol. The van der Waals surface area contributed by atoms with Gasteiger partial charge in [-0.3, -0.25) is 4.79 Å². The molecule has 1 aromatic carbocycles. The van der Waals surface area contributed by atoms with Crippen LogP contribution in [0.4, 0.5) is 5.69 Å². The Bertz CT molecular complexity index is 516. The summed E-state index contributed by atoms with van der Waals surface area (Å²) in [6.07, 6.45) is 0.328. The number of hydrogen-bond acceptors (Lipinski definition) is 4. The van der Waals surface area contributed by atoms with Crippen molar-refractivity contribution in [3.63, 3.8) is 0 Å². The van der Waals surface area contributed by atoms with Crippen molar-refractivity contribution in [1.82, 2.24) is 0 Å². The number of carbonyl (C=O) groups excluding carboxylic acids is 1. The van der Waals surface area contributed by atoms with Gasteiger partial charge in [0, 0.05) is 10.9 Å². The molecule has 2 rings (SSSR count). The Hall–Kier alpha value is -1.07. The third kappa shape index (κ3) is 3.15. The van der Waals surface area contributed by atoms with Gasteiger partial charge in [-0.2, -0.15) is 0 Å². The van der Waals surface area contributed by atoms with E-state index in [0.29, 0.717) is 13.0 Å². The van der Waals surface area contributed by atoms with Crippen molar-refractivity contribution in [2.75, 3.05) is 11.5 Å². The highest BCUT2D eigenvalue weighted by Gasteiger charge is 2.33. The van der Waals surface area contributed by atoms with Crippen LogP contribution in [-0.4, -0.2) is 28.9 Å². The van der Waals surface area contributed by atoms with E-state index in [-0.39, 0.29) is 17.3 Å². The Kier molecular flexibility index (Phi) is 5.05. The molecule has 1 heterocycles. The lowest BCUT2D eigenvalue weighted by molar-refractivity contribution is -0.142. The van der Waals surface area contributed by atoms with Gasteiger partial charge in [0.05, 0.1) is 29.0 Å². The lowest BCUT2D eigenvalue weighted by Gasteiger charge is -2.38. The van der Waals surface area contributed by atoms with Crippen LogP contribution in [-0.2, 0) is 9.53 Å². The highest BCUT2D eigenvalue weighted by atomic mass is 32.2. The summed E-state index contributed by atoms with van der Waals surface area (Å²) in [6, 6.07) is 8.46. The van der Waals surface area contributed by atoms with E-state index in [4.69, 9.17) is 17.0 Å². The molecule has 0 aromatic heterocycles. The second kappa shape index (κ2) is 6.59. The van der Waals surface area contributed by atoms with E-state index in [2.05, 4.69) is 30.9 Å². The molecule has 0 bridgehead atoms. The minimum atomic E-state index is -0.185. The number of carbonyl (C=O) groups is 1. The predicted octanol–water partition coefficient (Wildman–Crippen LogP) is 3.66. The molecule has 108 valence electrons. The maximum atomic E-state index is 11.7. The zero-order chi connectivity index (χ0) is 14.7. The van der Waals surface area contributed by atoms with Gasteiger partial charge in [0.25, 0.3) is 0 Å². The number of esters is 1. The van der Waals surface area contributed by atoms with Crippen LogP contribution in [0.15, 0.2) is 29.2 Å². The first-order valence-corrected chi connectivity index (χ1v) is 8.07. The van der Waals surface area contributed by atoms with E-state index in [1.807, 2.05) is 19.1 Å². The summed E-state index contributed by atoms with van der Waals surface area (Å²) >= 11 is 7.26. The fraction of sp³-hybridized carbons (Fsp3) is 0.467. The molecular weight excluding hydrogens is 290 g/mol. The van der Waals surface area contributed by atoms with Crippen LogP contribution in [0.3, 0.4) is 0 Å². The molecule has 0 aliphatic carbocycles. The van der Waals surface area contributed by atoms with Crippen molar-refractivity contribution in [3.8, 4) is 0 Å². The van der Waals surface area contributed by atoms with Crippen LogP contribution in [0.2, 0.25) is 0 Å². The lowest BCUT2D eigenvalue weighted by Crippen LogP contribution is -2.44. The first-order valence-electron chi connectivity index (χ1n) is 6.79. The Morgan fingerprint density at radius 2 is 2.15 bits per heavy atom. The Labute approximate surface area is 129 Å². The van der Waals surface area contributed by atoms with E-state index in [1.54, 1.807) is 11.8 Å². The largest absolute Gasteiger partial charge is 0.466 e. The van der Waals surface area contributed by atoms with Crippen molar-refractivity contribution in [3.05, 3.63) is 24.3 Å². The maximum absolute atomic E-state index is 11.7. The zero-order valence-corrected chi connectivity index (χ0v) is 13.6. The van der Waals surface area contributed by atoms with E-state index < -0.39 is 0 Å². The van der Waals surface area contributed by atoms with Crippen molar-refractivity contribution in [2.45, 2.75) is 43.4 Å². The molecule has 0 saturated heterocycles. The number of ether oxygens (including phenoxy) is 1. The van der Waals surface area contributed by atoms with Crippen LogP contribution in [0, 0.1) is 0 Å². The summed E-state index contributed by atoms with van der Waals surface area (Å²) < 4.78 is 5.05. The molecule has 0 saturated carbocycles. The molecule has 0 amide bonds. The van der Waals surface area contributed by atoms with Gasteiger partial charge in [0.15, 0.2) is 0 Å². The number of benzene rings is 1. The number of thiocarbonyl (C=S) groups is 1. The van der Waals surface area contributed by atoms with Crippen molar-refractivity contribution >= 4 is 40.6 Å². The number of hydrogen-bond donors (Lipinski definition) is 0. The van der Waals surface area contributed by atoms with Gasteiger partial charge < -0.3 is 9.64 Å². The SMILES string of the molecule is CCOC(=O)CC1Sc2ccccc2N(C(C)C)C1=S. The third-order valence-electron chi connectivity index (χ3n) is 3.08. The topological polar surface area (TPSA) is 29.5 Å². The first kappa shape index (κ1) is 15.3. The molecule has 20 heavy (non-hydrogen) atoms. The van der Waals surface area contributed by atoms with Crippen molar-refractivity contribution in [1.29, 1.82) is 0 Å². The Morgan fingerprint density at radius 3 is 2.80 bits per heavy atom. The summed E-state index contributed by atoms with van der Waals surface area (Å²) in [7, 11) is 0. The van der Waals surface area contributed by atoms with E-state index >= 15 is 0 Å². The van der Waals surface area contributed by atoms with Crippen LogP contribution >= 0.6 is 24.0 Å². The fourth-order valence-electron chi connectivity index (χ4n) is 2.27. The average Bonchev–Trinajstić information content (AvgIpc) is 2.39. The van der Waals surface area contributed by atoms with Gasteiger partial charge in [0.1, 0.15) is 0 Å². The second-order valence-corrected chi connectivity index (χ2v) is 6.55. The Balaban J connectivity index is 2.27. The number of rotatable bonds is 4. The van der Waals surface area contributed by atoms with Gasteiger partial charge in [-0.15, -0.1) is 11.8 Å². The van der Waals surface area contributed by atoms with Gasteiger partial charge >= 0.3 is 5.97 Å². The van der Waals surface area contributed by atoms with Gasteiger partial charge in [-0.1, -0.05) is 24.4 Å². The number of fused-ring (bicyclic) bond motifs is 1. The molecule has 1 aliphatic rings. The summed E-state index contributed by atoms with van der Waals surface area (Å²) in [5, 5.41) is -0.0265. The summed E-state index contributed by atoms with van der Waals surface area (Å²) in [4.78, 5) is 15.9. The van der Waals surface area contributed by atoms with Crippen LogP contribution in [0.5, 0.6) is 0 Å². The molecule has 3 nitrogen and oxygen atoms in total. The van der Waals surface area contributed by atoms with E-state index in [0.717, 1.165) is 10.7 Å². The summed E-state index contributed by atoms with van der Waals surface area (Å²) in [6.45, 7) is 6.45. The highest BCUT2D eigenvalue weighted by Crippen LogP contribution is 2.41. The number of para-hydroxylation sites is 1. The molecule has 0 spiro atoms. The van der Waals surface area contributed by atoms with Crippen molar-refractivity contribution < 1.29 is 9.53 Å². The van der Waals surface area contributed by atoms with Crippen molar-refractivity contribution in [2.24, 2.45) is 0 Å². The van der Waals surface area contributed by atoms with Gasteiger partial charge in [-0.05, 0) is 32.9 Å². The average molecular weight is 309 g/mol. The van der Waals surface area contributed by atoms with E-state index in [1.165, 1.54) is 4.90 Å². The van der Waals surface area contributed by atoms with Crippen LogP contribution < -0.4 is 4.90 Å². The van der Waals surface area contributed by atoms with E-state index in [9.17, 15) is 4.79 Å². The second-order valence-electron chi connectivity index (χ2n) is 4.89. The zero-order valence-electron chi connectivity index (χ0n) is 12.0. The molecular formula is C15H19NO2S2. The van der Waals surface area contributed by atoms with Gasteiger partial charge in [-0.25, -0.2) is 0 Å². The minimum Gasteiger partial charge on any atom is -0.466 e. The molecule has 0 N–H and O–H groups in total. The number of nitrogens with zero attached hydrogens (tertiary/aromatic N) is 1. The number of thioether (sulfide) groups is 1. The lowest BCUT2D eigenvalue weighted by atomic mass is 10.2. The molecule has 1 unspecified atom stereocenters. The number of anilines is 1. The van der Waals surface area contributed by atoms with Crippen LogP contribution in [0.1, 0.15) is 27.2 Å². The minimum absolute atomic E-state index is 0.0265. The molecule has 1 atom stereocenters. The highest BCUT2D eigenvalue weighted by molar-refractivity contribution is 8.02. The Morgan fingerprint density at radius 1 is 1.45 bits per heavy atom. The maximum Gasteiger partial charge on any atom is 0.307 e. The molecule has 0 radical (unpaired) electrons. The smallest absolute Gasteiger partial charge is 0.307 e. The normalized spacial score (nSPS) is 18.1. The molecule has 1 aliphatic heterocycles. The summed E-state index contributed by atoms with van der Waals surface area (Å²) in [5.74, 6) is -0.185. The molecule has 0 fully saturated rings. The molecule has 5 heteroatoms. The third-order valence-corrected chi connectivity index (χ3v) is 4.98. The quantitative estimate of drug-likeness (QED) is 0.625. The first-order chi connectivity index (χ1) is 9.54. The molecule has 1 aromatic rings. The van der Waals surface area contributed by atoms with Gasteiger partial charge in [0.2, 0.25) is 0 Å². The summed E-state index contributed by atoms with van der Waals surface area (Å²) in [5.41, 5.74) is 1.14. The van der Waals surface area contributed by atoms with Crippen LogP contribution in [0.25, 0.3) is 0 Å². The monoisotopic (exact) mass is 309 g/mol. The standard InChI is InChI=1S/C15H19NO2S2/c1-4-18-14(17)9-13-15(19)16(10(2)3)11-7-5-6-8-12(11)20-13/h5-8,10,13H,4,9H2,1-3H3.